The molecule has 0 aliphatic heterocycles. The Morgan fingerprint density at radius 3 is 1.32 bits per heavy atom. The van der Waals surface area contributed by atoms with Crippen LogP contribution in [0.25, 0.3) is 121 Å². The van der Waals surface area contributed by atoms with E-state index in [1.165, 1.54) is 70.6 Å². The van der Waals surface area contributed by atoms with Gasteiger partial charge in [-0.2, -0.15) is 0 Å². The molecule has 0 amide bonds. The van der Waals surface area contributed by atoms with E-state index in [2.05, 4.69) is 206 Å². The van der Waals surface area contributed by atoms with E-state index >= 15 is 0 Å². The molecule has 0 fully saturated rings. The Balaban J connectivity index is 0.963. The third-order valence-corrected chi connectivity index (χ3v) is 12.3. The molecule has 0 saturated carbocycles. The van der Waals surface area contributed by atoms with Crippen molar-refractivity contribution in [1.29, 1.82) is 0 Å². The van der Waals surface area contributed by atoms with E-state index in [-0.39, 0.29) is 0 Å². The van der Waals surface area contributed by atoms with Crippen LogP contribution in [0.5, 0.6) is 0 Å². The van der Waals surface area contributed by atoms with Crippen molar-refractivity contribution in [2.75, 3.05) is 0 Å². The minimum absolute atomic E-state index is 0.629. The lowest BCUT2D eigenvalue weighted by Gasteiger charge is -2.16. The molecule has 1 heterocycles. The summed E-state index contributed by atoms with van der Waals surface area (Å²) in [5, 5.41) is 12.6. The van der Waals surface area contributed by atoms with Crippen molar-refractivity contribution in [2.24, 2.45) is 0 Å². The van der Waals surface area contributed by atoms with Crippen molar-refractivity contribution in [1.82, 2.24) is 15.0 Å². The van der Waals surface area contributed by atoms with Crippen LogP contribution in [-0.2, 0) is 0 Å². The molecule has 0 spiro atoms. The summed E-state index contributed by atoms with van der Waals surface area (Å²) in [6.45, 7) is 0. The third kappa shape index (κ3) is 6.10. The molecule has 12 rings (SSSR count). The van der Waals surface area contributed by atoms with Gasteiger partial charge in [0.15, 0.2) is 17.5 Å². The molecule has 1 aromatic heterocycles. The zero-order valence-corrected chi connectivity index (χ0v) is 33.7. The first-order valence-electron chi connectivity index (χ1n) is 21.1. The van der Waals surface area contributed by atoms with E-state index in [1.807, 2.05) is 18.2 Å². The molecule has 0 unspecified atom stereocenters. The summed E-state index contributed by atoms with van der Waals surface area (Å²) in [6.07, 6.45) is 0. The number of hydrogen-bond donors (Lipinski definition) is 0. The Kier molecular flexibility index (Phi) is 8.50. The van der Waals surface area contributed by atoms with Crippen LogP contribution in [0.15, 0.2) is 224 Å². The summed E-state index contributed by atoms with van der Waals surface area (Å²) in [7, 11) is 0. The fraction of sp³-hybridized carbons (Fsp3) is 0. The number of hydrogen-bond acceptors (Lipinski definition) is 3. The van der Waals surface area contributed by atoms with E-state index in [0.29, 0.717) is 17.5 Å². The Hall–Kier alpha value is -8.27. The van der Waals surface area contributed by atoms with Gasteiger partial charge in [-0.15, -0.1) is 0 Å². The van der Waals surface area contributed by atoms with Crippen molar-refractivity contribution in [3.05, 3.63) is 224 Å². The Bertz CT molecular complexity index is 3680. The second-order valence-electron chi connectivity index (χ2n) is 15.9. The predicted octanol–water partition coefficient (Wildman–Crippen LogP) is 15.6. The van der Waals surface area contributed by atoms with E-state index in [9.17, 15) is 0 Å². The summed E-state index contributed by atoms with van der Waals surface area (Å²) in [4.78, 5) is 15.3. The Labute approximate surface area is 359 Å². The Morgan fingerprint density at radius 1 is 0.210 bits per heavy atom. The Morgan fingerprint density at radius 2 is 0.629 bits per heavy atom. The minimum Gasteiger partial charge on any atom is -0.208 e. The molecule has 0 bridgehead atoms. The number of nitrogens with zero attached hydrogens (tertiary/aromatic N) is 3. The molecule has 0 radical (unpaired) electrons. The van der Waals surface area contributed by atoms with Gasteiger partial charge >= 0.3 is 0 Å². The van der Waals surface area contributed by atoms with Crippen molar-refractivity contribution in [3.63, 3.8) is 0 Å². The average Bonchev–Trinajstić information content (AvgIpc) is 3.36. The van der Waals surface area contributed by atoms with Crippen molar-refractivity contribution >= 4 is 53.9 Å². The summed E-state index contributed by atoms with van der Waals surface area (Å²) >= 11 is 0. The highest BCUT2D eigenvalue weighted by atomic mass is 15.0. The van der Waals surface area contributed by atoms with Gasteiger partial charge in [0.1, 0.15) is 0 Å². The zero-order valence-electron chi connectivity index (χ0n) is 33.7. The first-order chi connectivity index (χ1) is 30.7. The van der Waals surface area contributed by atoms with Gasteiger partial charge in [0.25, 0.3) is 0 Å². The maximum Gasteiger partial charge on any atom is 0.164 e. The highest BCUT2D eigenvalue weighted by molar-refractivity contribution is 6.33. The number of benzene rings is 11. The molecule has 0 aliphatic rings. The zero-order chi connectivity index (χ0) is 41.0. The van der Waals surface area contributed by atoms with E-state index in [4.69, 9.17) is 15.0 Å². The first-order valence-corrected chi connectivity index (χ1v) is 21.1. The standard InChI is InChI=1S/C59H37N3/c1-2-16-40(17-3-1)57-60-58(41-33-31-39(32-34-41)47-30-14-18-38-15-4-5-23-46(38)47)62-59(61-57)45-22-13-20-43(36-45)42-19-12-21-44(35-42)54-37-55-50-26-7-6-24-48(50)49-25-8-10-28-52(49)56(55)53-29-11-9-27-51(53)54/h1-37H. The van der Waals surface area contributed by atoms with Crippen LogP contribution in [0.1, 0.15) is 0 Å². The summed E-state index contributed by atoms with van der Waals surface area (Å²) in [5.41, 5.74) is 9.75. The lowest BCUT2D eigenvalue weighted by molar-refractivity contribution is 1.07. The number of aromatic nitrogens is 3. The van der Waals surface area contributed by atoms with Gasteiger partial charge < -0.3 is 0 Å². The van der Waals surface area contributed by atoms with Crippen LogP contribution in [-0.4, -0.2) is 15.0 Å². The summed E-state index contributed by atoms with van der Waals surface area (Å²) in [5.74, 6) is 1.90. The van der Waals surface area contributed by atoms with Crippen molar-refractivity contribution in [2.45, 2.75) is 0 Å². The maximum atomic E-state index is 5.14. The average molecular weight is 788 g/mol. The summed E-state index contributed by atoms with van der Waals surface area (Å²) < 4.78 is 0. The lowest BCUT2D eigenvalue weighted by Crippen LogP contribution is -2.00. The second kappa shape index (κ2) is 14.8. The lowest BCUT2D eigenvalue weighted by atomic mass is 9.87. The highest BCUT2D eigenvalue weighted by Gasteiger charge is 2.17. The van der Waals surface area contributed by atoms with Gasteiger partial charge in [-0.25, -0.2) is 15.0 Å². The van der Waals surface area contributed by atoms with E-state index < -0.39 is 0 Å². The van der Waals surface area contributed by atoms with Crippen LogP contribution >= 0.6 is 0 Å². The molecule has 3 heteroatoms. The molecular formula is C59H37N3. The molecule has 11 aromatic carbocycles. The topological polar surface area (TPSA) is 38.7 Å². The van der Waals surface area contributed by atoms with Crippen molar-refractivity contribution in [3.8, 4) is 67.5 Å². The normalized spacial score (nSPS) is 11.5. The third-order valence-electron chi connectivity index (χ3n) is 12.3. The minimum atomic E-state index is 0.629. The van der Waals surface area contributed by atoms with Gasteiger partial charge in [-0.3, -0.25) is 0 Å². The van der Waals surface area contributed by atoms with Crippen LogP contribution < -0.4 is 0 Å². The van der Waals surface area contributed by atoms with Gasteiger partial charge in [-0.1, -0.05) is 206 Å². The second-order valence-corrected chi connectivity index (χ2v) is 15.9. The molecule has 0 atom stereocenters. The van der Waals surface area contributed by atoms with Gasteiger partial charge in [0.2, 0.25) is 0 Å². The van der Waals surface area contributed by atoms with E-state index in [1.54, 1.807) is 0 Å². The summed E-state index contributed by atoms with van der Waals surface area (Å²) in [6, 6.07) is 80.1. The first kappa shape index (κ1) is 35.7. The molecule has 0 aliphatic carbocycles. The molecule has 0 N–H and O–H groups in total. The quantitative estimate of drug-likeness (QED) is 0.158. The fourth-order valence-electron chi connectivity index (χ4n) is 9.34. The molecule has 0 saturated heterocycles. The van der Waals surface area contributed by atoms with Crippen LogP contribution in [0, 0.1) is 0 Å². The SMILES string of the molecule is c1ccc(-c2nc(-c3ccc(-c4cccc5ccccc45)cc3)nc(-c3cccc(-c4cccc(-c5cc6c7ccccc7c7ccccc7c6c6ccccc56)c4)c3)n2)cc1. The van der Waals surface area contributed by atoms with Crippen molar-refractivity contribution < 1.29 is 0 Å². The fourth-order valence-corrected chi connectivity index (χ4v) is 9.34. The monoisotopic (exact) mass is 787 g/mol. The van der Waals surface area contributed by atoms with Gasteiger partial charge in [0, 0.05) is 16.7 Å². The highest BCUT2D eigenvalue weighted by Crippen LogP contribution is 2.43. The van der Waals surface area contributed by atoms with Crippen LogP contribution in [0.2, 0.25) is 0 Å². The molecule has 3 nitrogen and oxygen atoms in total. The van der Waals surface area contributed by atoms with Gasteiger partial charge in [0.05, 0.1) is 0 Å². The number of fused-ring (bicyclic) bond motifs is 9. The van der Waals surface area contributed by atoms with Crippen LogP contribution in [0.4, 0.5) is 0 Å². The van der Waals surface area contributed by atoms with Gasteiger partial charge in [-0.05, 0) is 105 Å². The maximum absolute atomic E-state index is 5.14. The molecular weight excluding hydrogens is 751 g/mol. The molecule has 62 heavy (non-hydrogen) atoms. The van der Waals surface area contributed by atoms with Crippen LogP contribution in [0.3, 0.4) is 0 Å². The van der Waals surface area contributed by atoms with E-state index in [0.717, 1.165) is 33.4 Å². The molecule has 12 aromatic rings. The predicted molar refractivity (Wildman–Crippen MR) is 260 cm³/mol. The largest absolute Gasteiger partial charge is 0.208 e. The number of rotatable bonds is 6. The smallest absolute Gasteiger partial charge is 0.164 e. The molecule has 288 valence electrons.